The van der Waals surface area contributed by atoms with Crippen LogP contribution in [0.15, 0.2) is 9.21 Å². The number of aromatic nitrogens is 8. The average molecular weight is 511 g/mol. The van der Waals surface area contributed by atoms with Gasteiger partial charge >= 0.3 is 0 Å². The fraction of sp³-hybridized carbons (Fsp3) is 0.0909. The Hall–Kier alpha value is -1.76. The van der Waals surface area contributed by atoms with Crippen LogP contribution < -0.4 is 11.5 Å². The zero-order valence-electron chi connectivity index (χ0n) is 12.3. The van der Waals surface area contributed by atoms with E-state index >= 15 is 0 Å². The van der Waals surface area contributed by atoms with Gasteiger partial charge in [-0.15, -0.1) is 0 Å². The number of nitrogens with zero attached hydrogens (tertiary/aromatic N) is 7. The molecule has 4 heterocycles. The molecule has 0 atom stereocenters. The maximum Gasteiger partial charge on any atom is 0.223 e. The summed E-state index contributed by atoms with van der Waals surface area (Å²) in [5.74, 6) is 0.263. The number of hydrogen-bond acceptors (Lipinski definition) is 8. The molecule has 0 aliphatic rings. The van der Waals surface area contributed by atoms with Gasteiger partial charge in [0.2, 0.25) is 11.9 Å². The summed E-state index contributed by atoms with van der Waals surface area (Å²) in [6.07, 6.45) is 0. The number of hydrogen-bond donors (Lipinski definition) is 3. The summed E-state index contributed by atoms with van der Waals surface area (Å²) < 4.78 is 2.86. The van der Waals surface area contributed by atoms with Gasteiger partial charge in [-0.05, 0) is 31.9 Å². The molecule has 0 aliphatic carbocycles. The highest BCUT2D eigenvalue weighted by Crippen LogP contribution is 2.28. The molecule has 5 N–H and O–H groups in total. The van der Waals surface area contributed by atoms with Crippen molar-refractivity contribution in [1.29, 1.82) is 0 Å². The van der Waals surface area contributed by atoms with Crippen LogP contribution in [-0.4, -0.2) is 39.9 Å². The van der Waals surface area contributed by atoms with E-state index in [-0.39, 0.29) is 17.0 Å². The van der Waals surface area contributed by atoms with Crippen LogP contribution in [0.3, 0.4) is 0 Å². The number of halogens is 4. The van der Waals surface area contributed by atoms with Crippen molar-refractivity contribution < 1.29 is 0 Å². The SMILES string of the molecule is Cn1nc(Br)c2c(Cl)nc(N)nc21.Nc1nc(Cl)c2c(Br)[nH]nc2n1. The summed E-state index contributed by atoms with van der Waals surface area (Å²) in [7, 11) is 1.76. The molecule has 130 valence electrons. The van der Waals surface area contributed by atoms with Crippen molar-refractivity contribution in [3.8, 4) is 0 Å². The monoisotopic (exact) mass is 508 g/mol. The van der Waals surface area contributed by atoms with Gasteiger partial charge in [0.25, 0.3) is 0 Å². The van der Waals surface area contributed by atoms with Crippen LogP contribution >= 0.6 is 55.1 Å². The molecule has 14 heteroatoms. The van der Waals surface area contributed by atoms with Crippen molar-refractivity contribution in [2.24, 2.45) is 7.05 Å². The van der Waals surface area contributed by atoms with Gasteiger partial charge in [0.05, 0.1) is 10.8 Å². The van der Waals surface area contributed by atoms with E-state index in [0.29, 0.717) is 36.4 Å². The highest BCUT2D eigenvalue weighted by molar-refractivity contribution is 9.10. The molecule has 0 aliphatic heterocycles. The Balaban J connectivity index is 0.000000146. The zero-order valence-corrected chi connectivity index (χ0v) is 17.0. The predicted octanol–water partition coefficient (Wildman–Crippen LogP) is 2.71. The Morgan fingerprint density at radius 2 is 1.56 bits per heavy atom. The fourth-order valence-corrected chi connectivity index (χ4v) is 3.76. The van der Waals surface area contributed by atoms with Crippen molar-refractivity contribution in [2.45, 2.75) is 0 Å². The molecule has 4 aromatic heterocycles. The predicted molar refractivity (Wildman–Crippen MR) is 102 cm³/mol. The molecule has 10 nitrogen and oxygen atoms in total. The number of anilines is 2. The second kappa shape index (κ2) is 6.86. The van der Waals surface area contributed by atoms with Gasteiger partial charge in [-0.1, -0.05) is 23.2 Å². The Kier molecular flexibility index (Phi) is 4.95. The van der Waals surface area contributed by atoms with Crippen molar-refractivity contribution in [1.82, 2.24) is 39.9 Å². The van der Waals surface area contributed by atoms with Gasteiger partial charge in [-0.3, -0.25) is 5.10 Å². The van der Waals surface area contributed by atoms with Crippen LogP contribution in [0.2, 0.25) is 10.3 Å². The normalized spacial score (nSPS) is 10.9. The van der Waals surface area contributed by atoms with E-state index in [1.165, 1.54) is 0 Å². The molecule has 0 amide bonds. The minimum absolute atomic E-state index is 0.117. The number of fused-ring (bicyclic) bond motifs is 2. The third-order valence-corrected chi connectivity index (χ3v) is 4.63. The molecule has 0 unspecified atom stereocenters. The maximum absolute atomic E-state index is 5.87. The second-order valence-corrected chi connectivity index (χ2v) is 6.85. The van der Waals surface area contributed by atoms with Gasteiger partial charge < -0.3 is 11.5 Å². The summed E-state index contributed by atoms with van der Waals surface area (Å²) in [5, 5.41) is 12.5. The number of aryl methyl sites for hydroxylation is 1. The maximum atomic E-state index is 5.87. The molecular formula is C11H8Br2Cl2N10. The first kappa shape index (κ1) is 18.0. The molecule has 4 rings (SSSR count). The van der Waals surface area contributed by atoms with E-state index in [2.05, 4.69) is 67.1 Å². The zero-order chi connectivity index (χ0) is 18.3. The molecule has 0 saturated carbocycles. The van der Waals surface area contributed by atoms with E-state index in [1.807, 2.05) is 0 Å². The third kappa shape index (κ3) is 3.47. The van der Waals surface area contributed by atoms with Gasteiger partial charge in [-0.2, -0.15) is 20.2 Å². The van der Waals surface area contributed by atoms with Gasteiger partial charge in [0.1, 0.15) is 19.5 Å². The van der Waals surface area contributed by atoms with Crippen LogP contribution in [0.1, 0.15) is 0 Å². The molecule has 0 aromatic carbocycles. The Morgan fingerprint density at radius 3 is 2.24 bits per heavy atom. The van der Waals surface area contributed by atoms with Crippen LogP contribution in [-0.2, 0) is 7.05 Å². The average Bonchev–Trinajstić information content (AvgIpc) is 3.00. The summed E-state index contributed by atoms with van der Waals surface area (Å²) >= 11 is 18.1. The lowest BCUT2D eigenvalue weighted by molar-refractivity contribution is 0.778. The number of nitrogen functional groups attached to an aromatic ring is 2. The van der Waals surface area contributed by atoms with E-state index in [1.54, 1.807) is 11.7 Å². The third-order valence-electron chi connectivity index (χ3n) is 2.96. The molecule has 0 radical (unpaired) electrons. The Bertz CT molecular complexity index is 1090. The van der Waals surface area contributed by atoms with E-state index in [9.17, 15) is 0 Å². The summed E-state index contributed by atoms with van der Waals surface area (Å²) in [6.45, 7) is 0. The summed E-state index contributed by atoms with van der Waals surface area (Å²) in [5.41, 5.74) is 11.9. The van der Waals surface area contributed by atoms with Gasteiger partial charge in [-0.25, -0.2) is 14.6 Å². The summed E-state index contributed by atoms with van der Waals surface area (Å²) in [4.78, 5) is 15.5. The standard InChI is InChI=1S/C6H5BrClN5.C5H3BrClN5/c1-13-5-2(3(7)12-13)4(8)10-6(9)11-5;6-2-1-3(7)9-5(8)10-4(1)12-11-2/h1H3,(H2,9,10,11);(H3,8,9,10,11,12). The lowest BCUT2D eigenvalue weighted by atomic mass is 10.4. The number of rotatable bonds is 0. The molecule has 0 fully saturated rings. The number of H-pyrrole nitrogens is 1. The lowest BCUT2D eigenvalue weighted by Crippen LogP contribution is -1.98. The molecule has 0 saturated heterocycles. The minimum atomic E-state index is 0.117. The van der Waals surface area contributed by atoms with Crippen LogP contribution in [0.4, 0.5) is 11.9 Å². The minimum Gasteiger partial charge on any atom is -0.368 e. The Labute approximate surface area is 166 Å². The fourth-order valence-electron chi connectivity index (χ4n) is 1.94. The molecule has 0 bridgehead atoms. The number of aromatic amines is 1. The van der Waals surface area contributed by atoms with Crippen molar-refractivity contribution in [2.75, 3.05) is 11.5 Å². The molecule has 4 aromatic rings. The van der Waals surface area contributed by atoms with Crippen LogP contribution in [0.5, 0.6) is 0 Å². The van der Waals surface area contributed by atoms with E-state index in [0.717, 1.165) is 0 Å². The first-order chi connectivity index (χ1) is 11.8. The topological polar surface area (TPSA) is 150 Å². The first-order valence-corrected chi connectivity index (χ1v) is 8.76. The van der Waals surface area contributed by atoms with Crippen molar-refractivity contribution >= 4 is 89.0 Å². The first-order valence-electron chi connectivity index (χ1n) is 6.41. The highest BCUT2D eigenvalue weighted by atomic mass is 79.9. The van der Waals surface area contributed by atoms with E-state index in [4.69, 9.17) is 34.7 Å². The van der Waals surface area contributed by atoms with Crippen LogP contribution in [0.25, 0.3) is 22.1 Å². The van der Waals surface area contributed by atoms with Gasteiger partial charge in [0, 0.05) is 7.05 Å². The van der Waals surface area contributed by atoms with Crippen LogP contribution in [0, 0.1) is 0 Å². The summed E-state index contributed by atoms with van der Waals surface area (Å²) in [6, 6.07) is 0. The molecule has 0 spiro atoms. The van der Waals surface area contributed by atoms with Crippen molar-refractivity contribution in [3.63, 3.8) is 0 Å². The van der Waals surface area contributed by atoms with E-state index < -0.39 is 0 Å². The van der Waals surface area contributed by atoms with Crippen molar-refractivity contribution in [3.05, 3.63) is 19.5 Å². The quantitative estimate of drug-likeness (QED) is 0.305. The molecular weight excluding hydrogens is 503 g/mol. The van der Waals surface area contributed by atoms with Gasteiger partial charge in [0.15, 0.2) is 11.3 Å². The highest BCUT2D eigenvalue weighted by Gasteiger charge is 2.13. The smallest absolute Gasteiger partial charge is 0.223 e. The lowest BCUT2D eigenvalue weighted by Gasteiger charge is -1.96. The second-order valence-electron chi connectivity index (χ2n) is 4.59. The number of nitrogens with one attached hydrogen (secondary N) is 1. The molecule has 25 heavy (non-hydrogen) atoms. The number of nitrogens with two attached hydrogens (primary N) is 2. The Morgan fingerprint density at radius 1 is 0.960 bits per heavy atom. The largest absolute Gasteiger partial charge is 0.368 e.